The molecule has 2 aromatic heterocycles. The van der Waals surface area contributed by atoms with E-state index in [1.807, 2.05) is 19.3 Å². The van der Waals surface area contributed by atoms with Crippen molar-refractivity contribution >= 4 is 24.3 Å². The Balaban J connectivity index is 1.61. The molecule has 5 rings (SSSR count). The average molecular weight is 506 g/mol. The zero-order chi connectivity index (χ0) is 26.5. The van der Waals surface area contributed by atoms with Gasteiger partial charge in [0.2, 0.25) is 0 Å². The third-order valence-electron chi connectivity index (χ3n) is 7.11. The van der Waals surface area contributed by atoms with Gasteiger partial charge in [0.1, 0.15) is 11.6 Å². The smallest absolute Gasteiger partial charge is 0.144 e. The highest BCUT2D eigenvalue weighted by molar-refractivity contribution is 6.88. The van der Waals surface area contributed by atoms with Crippen LogP contribution in [0.25, 0.3) is 44.8 Å². The van der Waals surface area contributed by atoms with Crippen molar-refractivity contribution in [2.75, 3.05) is 0 Å². The van der Waals surface area contributed by atoms with Crippen molar-refractivity contribution in [2.24, 2.45) is 7.05 Å². The van der Waals surface area contributed by atoms with Crippen LogP contribution in [0, 0.1) is 0 Å². The van der Waals surface area contributed by atoms with Gasteiger partial charge in [-0.15, -0.1) is 0 Å². The van der Waals surface area contributed by atoms with Crippen molar-refractivity contribution in [1.82, 2.24) is 14.5 Å². The Morgan fingerprint density at radius 1 is 0.811 bits per heavy atom. The molecule has 37 heavy (non-hydrogen) atoms. The van der Waals surface area contributed by atoms with E-state index in [9.17, 15) is 5.11 Å². The van der Waals surface area contributed by atoms with E-state index in [1.165, 1.54) is 5.19 Å². The number of para-hydroxylation sites is 1. The van der Waals surface area contributed by atoms with Crippen molar-refractivity contribution in [3.05, 3.63) is 84.6 Å². The van der Waals surface area contributed by atoms with Gasteiger partial charge in [-0.3, -0.25) is 4.98 Å². The second kappa shape index (κ2) is 9.00. The molecule has 0 saturated carbocycles. The molecule has 0 aliphatic rings. The first-order chi connectivity index (χ1) is 17.4. The number of phenolic OH excluding ortho intramolecular Hbond substituents is 1. The summed E-state index contributed by atoms with van der Waals surface area (Å²) in [4.78, 5) is 9.87. The minimum Gasteiger partial charge on any atom is -0.507 e. The Bertz CT molecular complexity index is 1600. The van der Waals surface area contributed by atoms with Crippen LogP contribution in [-0.2, 0) is 12.5 Å². The van der Waals surface area contributed by atoms with Gasteiger partial charge in [0.25, 0.3) is 0 Å². The van der Waals surface area contributed by atoms with E-state index in [0.717, 1.165) is 50.4 Å². The number of aromatic nitrogens is 3. The minimum absolute atomic E-state index is 0.0278. The first-order valence-electron chi connectivity index (χ1n) is 12.8. The summed E-state index contributed by atoms with van der Waals surface area (Å²) in [6, 6.07) is 25.0. The SMILES string of the molecule is Cn1c(-c2cc(C(C)(C)C)ccc2O)nc2c(-c3cccc(-c4ccc([Si](C)(C)C)cn4)c3)cccc21. The maximum absolute atomic E-state index is 10.8. The second-order valence-electron chi connectivity index (χ2n) is 11.9. The maximum atomic E-state index is 10.8. The normalized spacial score (nSPS) is 12.3. The lowest BCUT2D eigenvalue weighted by Crippen LogP contribution is -2.37. The molecule has 0 unspecified atom stereocenters. The molecule has 0 atom stereocenters. The first kappa shape index (κ1) is 25.0. The quantitative estimate of drug-likeness (QED) is 0.257. The Labute approximate surface area is 220 Å². The molecule has 5 aromatic rings. The van der Waals surface area contributed by atoms with Crippen molar-refractivity contribution in [1.29, 1.82) is 0 Å². The van der Waals surface area contributed by atoms with Gasteiger partial charge in [0.15, 0.2) is 0 Å². The highest BCUT2D eigenvalue weighted by atomic mass is 28.3. The maximum Gasteiger partial charge on any atom is 0.144 e. The summed E-state index contributed by atoms with van der Waals surface area (Å²) in [5.74, 6) is 0.994. The van der Waals surface area contributed by atoms with Gasteiger partial charge in [0.05, 0.1) is 30.4 Å². The van der Waals surface area contributed by atoms with E-state index in [4.69, 9.17) is 9.97 Å². The van der Waals surface area contributed by atoms with E-state index in [0.29, 0.717) is 0 Å². The zero-order valence-electron chi connectivity index (χ0n) is 22.8. The number of aromatic hydroxyl groups is 1. The molecular weight excluding hydrogens is 470 g/mol. The molecule has 0 saturated heterocycles. The fraction of sp³-hybridized carbons (Fsp3) is 0.250. The van der Waals surface area contributed by atoms with Crippen LogP contribution in [-0.4, -0.2) is 27.7 Å². The topological polar surface area (TPSA) is 50.9 Å². The van der Waals surface area contributed by atoms with Crippen LogP contribution in [0.4, 0.5) is 0 Å². The number of pyridine rings is 1. The predicted molar refractivity (Wildman–Crippen MR) is 158 cm³/mol. The summed E-state index contributed by atoms with van der Waals surface area (Å²) in [6.07, 6.45) is 2.04. The van der Waals surface area contributed by atoms with Gasteiger partial charge < -0.3 is 9.67 Å². The molecule has 0 aliphatic carbocycles. The summed E-state index contributed by atoms with van der Waals surface area (Å²) in [6.45, 7) is 13.5. The highest BCUT2D eigenvalue weighted by Crippen LogP contribution is 2.37. The predicted octanol–water partition coefficient (Wildman–Crippen LogP) is 7.52. The molecular formula is C32H35N3OSi. The van der Waals surface area contributed by atoms with Crippen LogP contribution in [0.3, 0.4) is 0 Å². The summed E-state index contributed by atoms with van der Waals surface area (Å²) in [5.41, 5.74) is 8.04. The fourth-order valence-electron chi connectivity index (χ4n) is 4.72. The molecule has 3 aromatic carbocycles. The van der Waals surface area contributed by atoms with Crippen LogP contribution in [0.2, 0.25) is 19.6 Å². The molecule has 0 aliphatic heterocycles. The number of phenols is 1. The number of nitrogens with zero attached hydrogens (tertiary/aromatic N) is 3. The van der Waals surface area contributed by atoms with Crippen molar-refractivity contribution in [3.63, 3.8) is 0 Å². The lowest BCUT2D eigenvalue weighted by atomic mass is 9.86. The van der Waals surface area contributed by atoms with Crippen LogP contribution in [0.5, 0.6) is 5.75 Å². The van der Waals surface area contributed by atoms with Crippen LogP contribution >= 0.6 is 0 Å². The average Bonchev–Trinajstić information content (AvgIpc) is 3.19. The van der Waals surface area contributed by atoms with Crippen molar-refractivity contribution < 1.29 is 5.11 Å². The second-order valence-corrected chi connectivity index (χ2v) is 17.0. The summed E-state index contributed by atoms with van der Waals surface area (Å²) in [7, 11) is 0.620. The Morgan fingerprint density at radius 3 is 2.22 bits per heavy atom. The van der Waals surface area contributed by atoms with E-state index in [-0.39, 0.29) is 11.2 Å². The molecule has 1 N–H and O–H groups in total. The van der Waals surface area contributed by atoms with Gasteiger partial charge >= 0.3 is 0 Å². The van der Waals surface area contributed by atoms with Crippen molar-refractivity contribution in [3.8, 4) is 39.5 Å². The van der Waals surface area contributed by atoms with Gasteiger partial charge in [-0.1, -0.05) is 82.9 Å². The summed E-state index contributed by atoms with van der Waals surface area (Å²) >= 11 is 0. The molecule has 0 radical (unpaired) electrons. The molecule has 0 bridgehead atoms. The van der Waals surface area contributed by atoms with E-state index < -0.39 is 8.07 Å². The van der Waals surface area contributed by atoms with Crippen LogP contribution < -0.4 is 5.19 Å². The van der Waals surface area contributed by atoms with E-state index >= 15 is 0 Å². The number of benzene rings is 3. The molecule has 4 nitrogen and oxygen atoms in total. The van der Waals surface area contributed by atoms with Gasteiger partial charge in [-0.05, 0) is 52.1 Å². The lowest BCUT2D eigenvalue weighted by Gasteiger charge is -2.20. The Kier molecular flexibility index (Phi) is 6.07. The van der Waals surface area contributed by atoms with Gasteiger partial charge in [-0.25, -0.2) is 4.98 Å². The molecule has 2 heterocycles. The molecule has 0 fully saturated rings. The van der Waals surface area contributed by atoms with E-state index in [1.54, 1.807) is 6.07 Å². The van der Waals surface area contributed by atoms with Crippen molar-refractivity contribution in [2.45, 2.75) is 45.8 Å². The van der Waals surface area contributed by atoms with Crippen LogP contribution in [0.15, 0.2) is 79.0 Å². The standard InChI is InChI=1S/C32H35N3OSi/c1-32(2,3)23-14-17-29(36)26(19-23)31-34-30-25(12-9-13-28(30)35(31)4)21-10-8-11-22(18-21)27-16-15-24(20-33-27)37(5,6)7/h8-20,36H,1-7H3. The number of rotatable bonds is 4. The monoisotopic (exact) mass is 505 g/mol. The van der Waals surface area contributed by atoms with E-state index in [2.05, 4.69) is 106 Å². The highest BCUT2D eigenvalue weighted by Gasteiger charge is 2.21. The molecule has 0 spiro atoms. The molecule has 0 amide bonds. The Morgan fingerprint density at radius 2 is 1.54 bits per heavy atom. The number of hydrogen-bond donors (Lipinski definition) is 1. The first-order valence-corrected chi connectivity index (χ1v) is 16.3. The third-order valence-corrected chi connectivity index (χ3v) is 9.14. The number of aryl methyl sites for hydroxylation is 1. The van der Waals surface area contributed by atoms with Gasteiger partial charge in [-0.2, -0.15) is 0 Å². The number of fused-ring (bicyclic) bond motifs is 1. The zero-order valence-corrected chi connectivity index (χ0v) is 23.8. The molecule has 188 valence electrons. The lowest BCUT2D eigenvalue weighted by molar-refractivity contribution is 0.475. The third kappa shape index (κ3) is 4.71. The minimum atomic E-state index is -1.39. The molecule has 5 heteroatoms. The number of hydrogen-bond acceptors (Lipinski definition) is 3. The largest absolute Gasteiger partial charge is 0.507 e. The fourth-order valence-corrected chi connectivity index (χ4v) is 5.76. The van der Waals surface area contributed by atoms with Crippen LogP contribution in [0.1, 0.15) is 26.3 Å². The summed E-state index contributed by atoms with van der Waals surface area (Å²) in [5, 5.41) is 12.1. The Hall–Kier alpha value is -3.70. The van der Waals surface area contributed by atoms with Gasteiger partial charge in [0, 0.05) is 24.4 Å². The summed E-state index contributed by atoms with van der Waals surface area (Å²) < 4.78 is 2.07. The number of imidazole rings is 1.